The van der Waals surface area contributed by atoms with Crippen LogP contribution in [0.25, 0.3) is 10.9 Å². The zero-order valence-electron chi connectivity index (χ0n) is 15.8. The van der Waals surface area contributed by atoms with Crippen molar-refractivity contribution >= 4 is 16.8 Å². The van der Waals surface area contributed by atoms with Gasteiger partial charge >= 0.3 is 0 Å². The molecule has 0 bridgehead atoms. The highest BCUT2D eigenvalue weighted by Gasteiger charge is 2.30. The largest absolute Gasteiger partial charge is 0.370 e. The maximum absolute atomic E-state index is 12.9. The van der Waals surface area contributed by atoms with Gasteiger partial charge in [-0.1, -0.05) is 42.5 Å². The monoisotopic (exact) mass is 377 g/mol. The van der Waals surface area contributed by atoms with Crippen LogP contribution in [0.3, 0.4) is 0 Å². The Morgan fingerprint density at radius 1 is 1.14 bits per heavy atom. The average Bonchev–Trinajstić information content (AvgIpc) is 2.74. The van der Waals surface area contributed by atoms with Gasteiger partial charge in [-0.05, 0) is 24.6 Å². The number of aromatic nitrogens is 2. The van der Waals surface area contributed by atoms with Gasteiger partial charge in [-0.15, -0.1) is 0 Å². The van der Waals surface area contributed by atoms with Gasteiger partial charge in [-0.25, -0.2) is 4.98 Å². The predicted octanol–water partition coefficient (Wildman–Crippen LogP) is 2.78. The van der Waals surface area contributed by atoms with E-state index >= 15 is 0 Å². The van der Waals surface area contributed by atoms with Crippen LogP contribution in [0, 0.1) is 0 Å². The molecular weight excluding hydrogens is 354 g/mol. The van der Waals surface area contributed by atoms with Crippen molar-refractivity contribution in [2.75, 3.05) is 13.2 Å². The molecule has 0 saturated carbocycles. The minimum atomic E-state index is -0.119. The van der Waals surface area contributed by atoms with E-state index in [2.05, 4.69) is 4.98 Å². The Labute approximate surface area is 163 Å². The zero-order chi connectivity index (χ0) is 19.5. The molecule has 4 rings (SSSR count). The molecule has 1 fully saturated rings. The third-order valence-electron chi connectivity index (χ3n) is 5.22. The molecule has 1 amide bonds. The Balaban J connectivity index is 1.45. The van der Waals surface area contributed by atoms with Crippen molar-refractivity contribution in [3.05, 3.63) is 76.8 Å². The molecule has 1 saturated heterocycles. The molecule has 2 heterocycles. The van der Waals surface area contributed by atoms with Crippen LogP contribution >= 0.6 is 0 Å². The van der Waals surface area contributed by atoms with E-state index in [1.54, 1.807) is 6.07 Å². The second-order valence-corrected chi connectivity index (χ2v) is 7.14. The standard InChI is InChI=1S/C22H23N3O3/c1-16-14-28-20(17-7-3-2-4-8-17)13-25(16)21(26)11-12-24-15-23-19-10-6-5-9-18(19)22(24)27/h2-10,15-16,20H,11-14H2,1H3/t16-,20-/m1/s1. The molecule has 6 heteroatoms. The van der Waals surface area contributed by atoms with E-state index in [-0.39, 0.29) is 30.0 Å². The average molecular weight is 377 g/mol. The minimum Gasteiger partial charge on any atom is -0.370 e. The van der Waals surface area contributed by atoms with Crippen LogP contribution < -0.4 is 5.56 Å². The summed E-state index contributed by atoms with van der Waals surface area (Å²) in [6.07, 6.45) is 1.66. The molecule has 1 aliphatic heterocycles. The molecule has 2 aromatic carbocycles. The van der Waals surface area contributed by atoms with E-state index in [0.29, 0.717) is 30.6 Å². The maximum atomic E-state index is 12.9. The topological polar surface area (TPSA) is 64.4 Å². The number of aryl methyl sites for hydroxylation is 1. The van der Waals surface area contributed by atoms with Crippen molar-refractivity contribution in [2.45, 2.75) is 32.0 Å². The normalized spacial score (nSPS) is 19.7. The predicted molar refractivity (Wildman–Crippen MR) is 107 cm³/mol. The first-order valence-electron chi connectivity index (χ1n) is 9.53. The van der Waals surface area contributed by atoms with Crippen molar-refractivity contribution in [2.24, 2.45) is 0 Å². The third-order valence-corrected chi connectivity index (χ3v) is 5.22. The van der Waals surface area contributed by atoms with Gasteiger partial charge in [0.25, 0.3) is 5.56 Å². The van der Waals surface area contributed by atoms with Crippen LogP contribution in [0.5, 0.6) is 0 Å². The summed E-state index contributed by atoms with van der Waals surface area (Å²) in [6.45, 7) is 3.33. The summed E-state index contributed by atoms with van der Waals surface area (Å²) >= 11 is 0. The molecule has 28 heavy (non-hydrogen) atoms. The van der Waals surface area contributed by atoms with Crippen LogP contribution in [0.4, 0.5) is 0 Å². The minimum absolute atomic E-state index is 0.0129. The van der Waals surface area contributed by atoms with E-state index in [9.17, 15) is 9.59 Å². The summed E-state index contributed by atoms with van der Waals surface area (Å²) in [5.74, 6) is 0.0248. The van der Waals surface area contributed by atoms with Gasteiger partial charge in [0.15, 0.2) is 0 Å². The fourth-order valence-electron chi connectivity index (χ4n) is 3.60. The Bertz CT molecular complexity index is 1030. The molecule has 0 radical (unpaired) electrons. The third kappa shape index (κ3) is 3.68. The summed E-state index contributed by atoms with van der Waals surface area (Å²) in [4.78, 5) is 31.6. The van der Waals surface area contributed by atoms with E-state index in [4.69, 9.17) is 4.74 Å². The molecule has 2 atom stereocenters. The molecule has 0 spiro atoms. The Kier molecular flexibility index (Phi) is 5.21. The Morgan fingerprint density at radius 2 is 1.89 bits per heavy atom. The lowest BCUT2D eigenvalue weighted by Gasteiger charge is -2.38. The van der Waals surface area contributed by atoms with E-state index in [0.717, 1.165) is 5.56 Å². The number of hydrogen-bond donors (Lipinski definition) is 0. The van der Waals surface area contributed by atoms with Crippen LogP contribution in [-0.2, 0) is 16.1 Å². The molecular formula is C22H23N3O3. The second-order valence-electron chi connectivity index (χ2n) is 7.14. The van der Waals surface area contributed by atoms with Crippen molar-refractivity contribution in [3.63, 3.8) is 0 Å². The summed E-state index contributed by atoms with van der Waals surface area (Å²) < 4.78 is 7.44. The number of ether oxygens (including phenoxy) is 1. The number of fused-ring (bicyclic) bond motifs is 1. The summed E-state index contributed by atoms with van der Waals surface area (Å²) in [6, 6.07) is 17.2. The number of carbonyl (C=O) groups is 1. The first-order chi connectivity index (χ1) is 13.6. The number of hydrogen-bond acceptors (Lipinski definition) is 4. The van der Waals surface area contributed by atoms with Crippen LogP contribution in [0.15, 0.2) is 65.7 Å². The zero-order valence-corrected chi connectivity index (χ0v) is 15.8. The lowest BCUT2D eigenvalue weighted by molar-refractivity contribution is -0.144. The van der Waals surface area contributed by atoms with Gasteiger partial charge in [0.1, 0.15) is 6.10 Å². The highest BCUT2D eigenvalue weighted by Crippen LogP contribution is 2.25. The summed E-state index contributed by atoms with van der Waals surface area (Å²) in [5.41, 5.74) is 1.63. The molecule has 6 nitrogen and oxygen atoms in total. The quantitative estimate of drug-likeness (QED) is 0.701. The van der Waals surface area contributed by atoms with Crippen molar-refractivity contribution in [1.29, 1.82) is 0 Å². The first kappa shape index (κ1) is 18.4. The van der Waals surface area contributed by atoms with Gasteiger partial charge in [0, 0.05) is 13.0 Å². The number of amides is 1. The summed E-state index contributed by atoms with van der Waals surface area (Å²) in [7, 11) is 0. The molecule has 0 unspecified atom stereocenters. The van der Waals surface area contributed by atoms with Crippen molar-refractivity contribution in [3.8, 4) is 0 Å². The Hall–Kier alpha value is -2.99. The number of rotatable bonds is 4. The fraction of sp³-hybridized carbons (Fsp3) is 0.318. The van der Waals surface area contributed by atoms with Gasteiger partial charge in [-0.3, -0.25) is 14.2 Å². The van der Waals surface area contributed by atoms with Crippen LogP contribution in [0.1, 0.15) is 25.0 Å². The van der Waals surface area contributed by atoms with E-state index in [1.165, 1.54) is 10.9 Å². The van der Waals surface area contributed by atoms with Gasteiger partial charge in [-0.2, -0.15) is 0 Å². The van der Waals surface area contributed by atoms with E-state index < -0.39 is 0 Å². The van der Waals surface area contributed by atoms with Crippen molar-refractivity contribution in [1.82, 2.24) is 14.5 Å². The van der Waals surface area contributed by atoms with Crippen LogP contribution in [-0.4, -0.2) is 39.6 Å². The number of nitrogens with zero attached hydrogens (tertiary/aromatic N) is 3. The Morgan fingerprint density at radius 3 is 2.71 bits per heavy atom. The number of morpholine rings is 1. The molecule has 1 aromatic heterocycles. The number of benzene rings is 2. The van der Waals surface area contributed by atoms with Gasteiger partial charge < -0.3 is 9.64 Å². The van der Waals surface area contributed by atoms with Crippen LogP contribution in [0.2, 0.25) is 0 Å². The number of para-hydroxylation sites is 1. The lowest BCUT2D eigenvalue weighted by atomic mass is 10.1. The smallest absolute Gasteiger partial charge is 0.261 e. The summed E-state index contributed by atoms with van der Waals surface area (Å²) in [5, 5.41) is 0.571. The number of carbonyl (C=O) groups excluding carboxylic acids is 1. The van der Waals surface area contributed by atoms with Crippen molar-refractivity contribution < 1.29 is 9.53 Å². The molecule has 3 aromatic rings. The lowest BCUT2D eigenvalue weighted by Crippen LogP contribution is -2.48. The second kappa shape index (κ2) is 7.94. The molecule has 0 aliphatic carbocycles. The van der Waals surface area contributed by atoms with Gasteiger partial charge in [0.05, 0.1) is 36.4 Å². The molecule has 144 valence electrons. The maximum Gasteiger partial charge on any atom is 0.261 e. The SMILES string of the molecule is C[C@@H]1CO[C@@H](c2ccccc2)CN1C(=O)CCn1cnc2ccccc2c1=O. The highest BCUT2D eigenvalue weighted by molar-refractivity contribution is 5.78. The first-order valence-corrected chi connectivity index (χ1v) is 9.53. The van der Waals surface area contributed by atoms with E-state index in [1.807, 2.05) is 60.4 Å². The molecule has 1 aliphatic rings. The highest BCUT2D eigenvalue weighted by atomic mass is 16.5. The molecule has 0 N–H and O–H groups in total. The fourth-order valence-corrected chi connectivity index (χ4v) is 3.60. The van der Waals surface area contributed by atoms with Gasteiger partial charge in [0.2, 0.25) is 5.91 Å².